The number of para-hydroxylation sites is 1. The van der Waals surface area contributed by atoms with Gasteiger partial charge in [0.1, 0.15) is 5.82 Å². The lowest BCUT2D eigenvalue weighted by Crippen LogP contribution is -2.16. The number of carbonyl (C=O) groups is 2. The van der Waals surface area contributed by atoms with Crippen LogP contribution in [0.5, 0.6) is 0 Å². The number of rotatable bonds is 4. The van der Waals surface area contributed by atoms with Crippen molar-refractivity contribution in [3.05, 3.63) is 102 Å². The lowest BCUT2D eigenvalue weighted by atomic mass is 10.1. The van der Waals surface area contributed by atoms with Gasteiger partial charge in [-0.05, 0) is 54.6 Å². The molecule has 0 radical (unpaired) electrons. The Labute approximate surface area is 180 Å². The molecular formula is C24H16F3N3O2. The Bertz CT molecular complexity index is 1320. The number of fused-ring (bicyclic) bond motifs is 1. The second kappa shape index (κ2) is 8.50. The number of pyridine rings is 1. The van der Waals surface area contributed by atoms with Crippen LogP contribution in [0.3, 0.4) is 0 Å². The third-order valence-electron chi connectivity index (χ3n) is 4.67. The molecule has 0 aliphatic rings. The number of amides is 2. The number of benzene rings is 3. The molecular weight excluding hydrogens is 419 g/mol. The minimum atomic E-state index is -4.55. The normalized spacial score (nSPS) is 11.2. The predicted molar refractivity (Wildman–Crippen MR) is 116 cm³/mol. The quantitative estimate of drug-likeness (QED) is 0.428. The zero-order valence-electron chi connectivity index (χ0n) is 16.5. The van der Waals surface area contributed by atoms with Crippen LogP contribution in [0.15, 0.2) is 84.9 Å². The molecule has 0 atom stereocenters. The van der Waals surface area contributed by atoms with E-state index in [-0.39, 0.29) is 16.8 Å². The summed E-state index contributed by atoms with van der Waals surface area (Å²) in [6, 6.07) is 21.2. The summed E-state index contributed by atoms with van der Waals surface area (Å²) in [4.78, 5) is 29.4. The summed E-state index contributed by atoms with van der Waals surface area (Å²) in [6.07, 6.45) is -4.55. The van der Waals surface area contributed by atoms with Gasteiger partial charge in [-0.25, -0.2) is 4.98 Å². The van der Waals surface area contributed by atoms with Gasteiger partial charge in [-0.15, -0.1) is 0 Å². The second-order valence-corrected chi connectivity index (χ2v) is 6.96. The Morgan fingerprint density at radius 3 is 2.19 bits per heavy atom. The van der Waals surface area contributed by atoms with E-state index in [2.05, 4.69) is 15.6 Å². The van der Waals surface area contributed by atoms with E-state index in [0.29, 0.717) is 5.82 Å². The average Bonchev–Trinajstić information content (AvgIpc) is 2.78. The van der Waals surface area contributed by atoms with Crippen LogP contribution in [-0.2, 0) is 6.18 Å². The predicted octanol–water partition coefficient (Wildman–Crippen LogP) is 5.76. The molecule has 2 amide bonds. The molecule has 5 nitrogen and oxygen atoms in total. The Morgan fingerprint density at radius 1 is 0.719 bits per heavy atom. The van der Waals surface area contributed by atoms with Crippen LogP contribution in [0.1, 0.15) is 26.3 Å². The van der Waals surface area contributed by atoms with Crippen molar-refractivity contribution >= 4 is 34.2 Å². The highest BCUT2D eigenvalue weighted by molar-refractivity contribution is 6.07. The van der Waals surface area contributed by atoms with Crippen molar-refractivity contribution in [3.63, 3.8) is 0 Å². The van der Waals surface area contributed by atoms with Gasteiger partial charge in [-0.2, -0.15) is 13.2 Å². The van der Waals surface area contributed by atoms with Crippen molar-refractivity contribution in [1.82, 2.24) is 4.98 Å². The van der Waals surface area contributed by atoms with Crippen LogP contribution in [0.4, 0.5) is 24.7 Å². The molecule has 0 saturated heterocycles. The summed E-state index contributed by atoms with van der Waals surface area (Å²) in [7, 11) is 0. The van der Waals surface area contributed by atoms with Crippen LogP contribution in [-0.4, -0.2) is 16.8 Å². The van der Waals surface area contributed by atoms with Crippen LogP contribution in [0, 0.1) is 0 Å². The molecule has 0 aliphatic carbocycles. The molecule has 4 rings (SSSR count). The van der Waals surface area contributed by atoms with Crippen molar-refractivity contribution in [1.29, 1.82) is 0 Å². The zero-order valence-corrected chi connectivity index (χ0v) is 16.5. The summed E-state index contributed by atoms with van der Waals surface area (Å²) in [5, 5.41) is 6.15. The van der Waals surface area contributed by atoms with Gasteiger partial charge in [-0.1, -0.05) is 30.3 Å². The first-order chi connectivity index (χ1) is 15.3. The zero-order chi connectivity index (χ0) is 22.7. The van der Waals surface area contributed by atoms with Crippen molar-refractivity contribution in [3.8, 4) is 0 Å². The van der Waals surface area contributed by atoms with Crippen molar-refractivity contribution in [2.45, 2.75) is 6.18 Å². The SMILES string of the molecule is O=C(Nc1cccc(C(=O)Nc2ccc3ccccc3n2)c1)c1cccc(C(F)(F)F)c1. The first-order valence-electron chi connectivity index (χ1n) is 9.55. The van der Waals surface area contributed by atoms with E-state index in [4.69, 9.17) is 0 Å². The summed E-state index contributed by atoms with van der Waals surface area (Å²) in [5.41, 5.74) is 0.192. The van der Waals surface area contributed by atoms with Crippen LogP contribution >= 0.6 is 0 Å². The number of anilines is 2. The van der Waals surface area contributed by atoms with Crippen LogP contribution in [0.25, 0.3) is 10.9 Å². The average molecular weight is 435 g/mol. The molecule has 1 aromatic heterocycles. The number of nitrogens with one attached hydrogen (secondary N) is 2. The first kappa shape index (κ1) is 21.0. The lowest BCUT2D eigenvalue weighted by Gasteiger charge is -2.10. The molecule has 0 bridgehead atoms. The Morgan fingerprint density at radius 2 is 1.41 bits per heavy atom. The van der Waals surface area contributed by atoms with Crippen LogP contribution < -0.4 is 10.6 Å². The molecule has 32 heavy (non-hydrogen) atoms. The first-order valence-corrected chi connectivity index (χ1v) is 9.55. The summed E-state index contributed by atoms with van der Waals surface area (Å²) in [6.45, 7) is 0. The smallest absolute Gasteiger partial charge is 0.322 e. The van der Waals surface area contributed by atoms with Gasteiger partial charge < -0.3 is 10.6 Å². The molecule has 0 saturated carbocycles. The fourth-order valence-electron chi connectivity index (χ4n) is 3.10. The van der Waals surface area contributed by atoms with E-state index in [1.807, 2.05) is 30.3 Å². The molecule has 1 heterocycles. The highest BCUT2D eigenvalue weighted by Gasteiger charge is 2.30. The molecule has 0 fully saturated rings. The maximum atomic E-state index is 12.9. The van der Waals surface area contributed by atoms with E-state index >= 15 is 0 Å². The number of nitrogens with zero attached hydrogens (tertiary/aromatic N) is 1. The van der Waals surface area contributed by atoms with E-state index in [0.717, 1.165) is 29.1 Å². The minimum Gasteiger partial charge on any atom is -0.322 e. The van der Waals surface area contributed by atoms with E-state index < -0.39 is 23.6 Å². The van der Waals surface area contributed by atoms with Gasteiger partial charge in [0.25, 0.3) is 11.8 Å². The topological polar surface area (TPSA) is 71.1 Å². The lowest BCUT2D eigenvalue weighted by molar-refractivity contribution is -0.137. The largest absolute Gasteiger partial charge is 0.416 e. The van der Waals surface area contributed by atoms with E-state index in [1.165, 1.54) is 18.2 Å². The molecule has 0 aliphatic heterocycles. The number of alkyl halides is 3. The number of hydrogen-bond donors (Lipinski definition) is 2. The van der Waals surface area contributed by atoms with E-state index in [1.54, 1.807) is 18.2 Å². The van der Waals surface area contributed by atoms with Gasteiger partial charge in [0.05, 0.1) is 11.1 Å². The molecule has 2 N–H and O–H groups in total. The second-order valence-electron chi connectivity index (χ2n) is 6.96. The Kier molecular flexibility index (Phi) is 5.59. The molecule has 8 heteroatoms. The van der Waals surface area contributed by atoms with E-state index in [9.17, 15) is 22.8 Å². The number of halogens is 3. The van der Waals surface area contributed by atoms with Gasteiger partial charge in [0.2, 0.25) is 0 Å². The monoisotopic (exact) mass is 435 g/mol. The van der Waals surface area contributed by atoms with Crippen molar-refractivity contribution in [2.24, 2.45) is 0 Å². The fourth-order valence-corrected chi connectivity index (χ4v) is 3.10. The van der Waals surface area contributed by atoms with Gasteiger partial charge in [-0.3, -0.25) is 9.59 Å². The van der Waals surface area contributed by atoms with Gasteiger partial charge in [0, 0.05) is 22.2 Å². The maximum absolute atomic E-state index is 12.9. The summed E-state index contributed by atoms with van der Waals surface area (Å²) in [5.74, 6) is -0.792. The third-order valence-corrected chi connectivity index (χ3v) is 4.67. The maximum Gasteiger partial charge on any atom is 0.416 e. The summed E-state index contributed by atoms with van der Waals surface area (Å²) >= 11 is 0. The Balaban J connectivity index is 1.49. The number of hydrogen-bond acceptors (Lipinski definition) is 3. The number of carbonyl (C=O) groups excluding carboxylic acids is 2. The number of aromatic nitrogens is 1. The van der Waals surface area contributed by atoms with Gasteiger partial charge >= 0.3 is 6.18 Å². The standard InChI is InChI=1S/C24H16F3N3O2/c25-24(26,27)18-8-3-6-16(13-18)22(31)28-19-9-4-7-17(14-19)23(32)30-21-12-11-15-5-1-2-10-20(15)29-21/h1-14H,(H,28,31)(H,29,30,32). The Hall–Kier alpha value is -4.20. The molecule has 4 aromatic rings. The third kappa shape index (κ3) is 4.75. The van der Waals surface area contributed by atoms with Crippen molar-refractivity contribution < 1.29 is 22.8 Å². The summed E-state index contributed by atoms with van der Waals surface area (Å²) < 4.78 is 38.7. The molecule has 160 valence electrons. The highest BCUT2D eigenvalue weighted by Crippen LogP contribution is 2.29. The minimum absolute atomic E-state index is 0.143. The molecule has 3 aromatic carbocycles. The van der Waals surface area contributed by atoms with Gasteiger partial charge in [0.15, 0.2) is 0 Å². The molecule has 0 spiro atoms. The molecule has 0 unspecified atom stereocenters. The highest BCUT2D eigenvalue weighted by atomic mass is 19.4. The van der Waals surface area contributed by atoms with Crippen LogP contribution in [0.2, 0.25) is 0 Å². The van der Waals surface area contributed by atoms with Crippen molar-refractivity contribution in [2.75, 3.05) is 10.6 Å². The fraction of sp³-hybridized carbons (Fsp3) is 0.0417.